The van der Waals surface area contributed by atoms with Crippen molar-refractivity contribution >= 4 is 118 Å². The quantitative estimate of drug-likeness (QED) is 0.0260. The third kappa shape index (κ3) is 33.1. The molecular weight excluding hydrogens is 1900 g/mol. The molecule has 0 bridgehead atoms. The summed E-state index contributed by atoms with van der Waals surface area (Å²) in [5.41, 5.74) is -3.45. The Hall–Kier alpha value is -11.4. The van der Waals surface area contributed by atoms with Gasteiger partial charge in [0.15, 0.2) is 0 Å². The number of carbonyl (C=O) groups is 2. The Morgan fingerprint density at radius 1 is 0.364 bits per heavy atom. The van der Waals surface area contributed by atoms with E-state index < -0.39 is 82.6 Å². The average Bonchev–Trinajstić information content (AvgIpc) is 0.774. The summed E-state index contributed by atoms with van der Waals surface area (Å²) in [7, 11) is -4.49. The van der Waals surface area contributed by atoms with Crippen LogP contribution in [0.4, 0.5) is 22.8 Å². The molecule has 132 heavy (non-hydrogen) atoms. The van der Waals surface area contributed by atoms with E-state index in [1.54, 1.807) is 40.0 Å². The molecule has 14 aromatic carbocycles. The Morgan fingerprint density at radius 2 is 0.568 bits per heavy atom. The molecule has 0 radical (unpaired) electrons. The van der Waals surface area contributed by atoms with Gasteiger partial charge >= 0.3 is 47.3 Å². The Kier molecular flexibility index (Phi) is 45.0. The number of rotatable bonds is 18. The number of amides is 2. The number of likely N-dealkylation sites (N-methyl/N-ethyl adjacent to an activating group) is 2. The predicted molar refractivity (Wildman–Crippen MR) is 526 cm³/mol. The molecule has 0 N–H and O–H groups in total. The van der Waals surface area contributed by atoms with Crippen LogP contribution in [0.15, 0.2) is 400 Å². The molecule has 0 saturated heterocycles. The number of nitrogens with zero attached hydrogens (tertiary/aromatic N) is 5. The topological polar surface area (TPSA) is 192 Å². The normalized spacial score (nSPS) is 12.7. The Morgan fingerprint density at radius 3 is 0.773 bits per heavy atom. The molecule has 0 aliphatic carbocycles. The van der Waals surface area contributed by atoms with Gasteiger partial charge in [0.05, 0.1) is 37.9 Å². The van der Waals surface area contributed by atoms with E-state index in [1.807, 2.05) is 32.9 Å². The Balaban J connectivity index is 0.000000215. The number of ether oxygens (including phenoxy) is 4. The van der Waals surface area contributed by atoms with Crippen molar-refractivity contribution < 1.29 is 94.2 Å². The standard InChI is InChI=1S/4C18H15P.C17H22F3NO6S.C17H22N2O3.2CN.Pd.Zn/c4*1-4-10-16(11-5-1)19(17-12-6-2-7-13-17)18-14-8-3-9-15-18;1-16(2,3)26-15(22)21(4)10-13-14-11(8-9-25-13)6-5-7-12(14)27-28(23,24)17(18,19)20;1-17(2,3)22-16(20)19(4)11-14-15-12(8-9-21-14)6-5-7-13(15)10-18;2*1-2;;/h4*1-15H;5-7,13H,8-10H2,1-4H3;5-7,14H,8-9,11H2,1-4H3;;;;/q;;;;;;2*-1;;+2. The summed E-state index contributed by atoms with van der Waals surface area (Å²) in [6.45, 7) is 21.2. The van der Waals surface area contributed by atoms with Gasteiger partial charge in [-0.25, -0.2) is 9.59 Å². The van der Waals surface area contributed by atoms with Crippen LogP contribution in [0.5, 0.6) is 5.75 Å². The number of carbonyl (C=O) groups excluding carboxylic acids is 2. The number of hydrogen-bond acceptors (Lipinski definition) is 12. The first kappa shape index (κ1) is 108. The van der Waals surface area contributed by atoms with Crippen LogP contribution in [0.25, 0.3) is 0 Å². The van der Waals surface area contributed by atoms with Crippen molar-refractivity contribution in [2.75, 3.05) is 40.4 Å². The van der Waals surface area contributed by atoms with Crippen LogP contribution < -0.4 is 67.8 Å². The molecule has 0 fully saturated rings. The van der Waals surface area contributed by atoms with Crippen molar-refractivity contribution in [2.45, 2.75) is 83.3 Å². The number of halogens is 3. The van der Waals surface area contributed by atoms with Gasteiger partial charge in [-0.2, -0.15) is 26.9 Å². The first-order valence-corrected chi connectivity index (χ1v) is 48.6. The number of nitriles is 1. The van der Waals surface area contributed by atoms with Gasteiger partial charge in [-0.15, -0.1) is 0 Å². The molecule has 2 heterocycles. The zero-order valence-corrected chi connectivity index (χ0v) is 83.7. The molecule has 2 aliphatic rings. The summed E-state index contributed by atoms with van der Waals surface area (Å²) >= 11 is 0. The first-order chi connectivity index (χ1) is 62.8. The number of hydrogen-bond donors (Lipinski definition) is 0. The van der Waals surface area contributed by atoms with E-state index in [-0.39, 0.29) is 64.7 Å². The van der Waals surface area contributed by atoms with Gasteiger partial charge in [0, 0.05) is 45.6 Å². The summed E-state index contributed by atoms with van der Waals surface area (Å²) < 4.78 is 87.3. The van der Waals surface area contributed by atoms with E-state index in [1.165, 1.54) is 86.6 Å². The Bertz CT molecular complexity index is 5070. The zero-order chi connectivity index (χ0) is 93.3. The van der Waals surface area contributed by atoms with Crippen molar-refractivity contribution in [1.29, 1.82) is 15.8 Å². The fourth-order valence-electron chi connectivity index (χ4n) is 13.8. The van der Waals surface area contributed by atoms with Crippen molar-refractivity contribution in [3.8, 4) is 11.8 Å². The number of alkyl halides is 3. The second-order valence-corrected chi connectivity index (χ2v) is 41.5. The van der Waals surface area contributed by atoms with Crippen LogP contribution in [0.3, 0.4) is 0 Å². The molecule has 674 valence electrons. The third-order valence-corrected chi connectivity index (χ3v) is 30.2. The van der Waals surface area contributed by atoms with Crippen LogP contribution in [-0.4, -0.2) is 87.5 Å². The molecule has 2 unspecified atom stereocenters. The minimum atomic E-state index is -5.84. The smallest absolute Gasteiger partial charge is 0.512 e. The second-order valence-electron chi connectivity index (χ2n) is 31.1. The van der Waals surface area contributed by atoms with E-state index in [0.29, 0.717) is 30.7 Å². The maximum atomic E-state index is 12.7. The minimum absolute atomic E-state index is 0. The van der Waals surface area contributed by atoms with E-state index in [2.05, 4.69) is 374 Å². The summed E-state index contributed by atoms with van der Waals surface area (Å²) in [6, 6.07) is 141. The first-order valence-electron chi connectivity index (χ1n) is 41.8. The van der Waals surface area contributed by atoms with Crippen molar-refractivity contribution in [1.82, 2.24) is 9.80 Å². The maximum absolute atomic E-state index is 12.7. The van der Waals surface area contributed by atoms with Gasteiger partial charge in [0.1, 0.15) is 29.2 Å². The van der Waals surface area contributed by atoms with Gasteiger partial charge in [-0.3, -0.25) is 0 Å². The molecule has 2 amide bonds. The third-order valence-electron chi connectivity index (χ3n) is 19.4. The zero-order valence-electron chi connectivity index (χ0n) is 74.8. The van der Waals surface area contributed by atoms with Crippen LogP contribution in [0, 0.1) is 35.0 Å². The van der Waals surface area contributed by atoms with E-state index in [4.69, 9.17) is 42.6 Å². The molecule has 0 aromatic heterocycles. The molecule has 14 aromatic rings. The minimum Gasteiger partial charge on any atom is -0.512 e. The summed E-state index contributed by atoms with van der Waals surface area (Å²) in [5.74, 6) is -0.475. The monoisotopic (exact) mass is 2000 g/mol. The summed E-state index contributed by atoms with van der Waals surface area (Å²) in [4.78, 5) is 27.0. The molecular formula is C108H104F3N5O9P4PdSZn. The largest absolute Gasteiger partial charge is 2.00 e. The van der Waals surface area contributed by atoms with E-state index in [9.17, 15) is 36.4 Å². The SMILES string of the molecule is CN(CC1OCCc2cccc(C#N)c21)C(=O)OC(C)(C)C.CN(CC1OCCc2cccc(OS(=O)(=O)C(F)(F)F)c21)C(=O)OC(C)(C)C.[C-]#N.[C-]#N.[Pd].[Zn+2].c1ccc(P(c2ccccc2)c2ccccc2)cc1.c1ccc(P(c2ccccc2)c2ccccc2)cc1.c1ccc(P(c2ccccc2)c2ccccc2)cc1.c1ccc(P(c2ccccc2)c2ccccc2)cc1. The van der Waals surface area contributed by atoms with E-state index in [0.717, 1.165) is 23.6 Å². The molecule has 14 nitrogen and oxygen atoms in total. The van der Waals surface area contributed by atoms with Gasteiger partial charge in [-0.05, 0) is 173 Å². The van der Waals surface area contributed by atoms with Crippen molar-refractivity contribution in [3.05, 3.63) is 441 Å². The van der Waals surface area contributed by atoms with Crippen molar-refractivity contribution in [2.24, 2.45) is 0 Å². The van der Waals surface area contributed by atoms with Crippen LogP contribution in [-0.2, 0) is 81.8 Å². The van der Waals surface area contributed by atoms with Crippen LogP contribution in [0.2, 0.25) is 0 Å². The predicted octanol–water partition coefficient (Wildman–Crippen LogP) is 20.4. The summed E-state index contributed by atoms with van der Waals surface area (Å²) in [5, 5.41) is 38.6. The van der Waals surface area contributed by atoms with Gasteiger partial charge in [-0.1, -0.05) is 388 Å². The second kappa shape index (κ2) is 55.2. The van der Waals surface area contributed by atoms with Crippen LogP contribution >= 0.6 is 31.7 Å². The van der Waals surface area contributed by atoms with E-state index >= 15 is 0 Å². The van der Waals surface area contributed by atoms with Gasteiger partial charge in [0.25, 0.3) is 0 Å². The Labute approximate surface area is 808 Å². The maximum Gasteiger partial charge on any atom is 2.00 e. The number of fused-ring (bicyclic) bond motifs is 2. The number of benzene rings is 14. The molecule has 2 atom stereocenters. The summed E-state index contributed by atoms with van der Waals surface area (Å²) in [6.07, 6.45) is -1.05. The molecule has 0 saturated carbocycles. The van der Waals surface area contributed by atoms with Gasteiger partial charge < -0.3 is 56.6 Å². The van der Waals surface area contributed by atoms with Crippen LogP contribution in [0.1, 0.15) is 81.6 Å². The molecule has 2 aliphatic heterocycles. The van der Waals surface area contributed by atoms with Crippen molar-refractivity contribution in [3.63, 3.8) is 0 Å². The molecule has 16 rings (SSSR count). The van der Waals surface area contributed by atoms with Gasteiger partial charge in [0.2, 0.25) is 0 Å². The molecule has 0 spiro atoms. The molecule has 24 heteroatoms. The fraction of sp³-hybridized carbons (Fsp3) is 0.176. The average molecular weight is 2000 g/mol. The fourth-order valence-corrected chi connectivity index (χ4v) is 23.5.